The Morgan fingerprint density at radius 2 is 2.40 bits per heavy atom. The Kier molecular flexibility index (Phi) is 4.58. The molecule has 1 nitrogen and oxygen atoms in total. The maximum Gasteiger partial charge on any atom is 0.0146 e. The zero-order valence-corrected chi connectivity index (χ0v) is 3.91. The first-order chi connectivity index (χ1) is 2.41. The average Bonchev–Trinajstić information content (AvgIpc) is 1.41. The van der Waals surface area contributed by atoms with E-state index >= 15 is 0 Å². The highest BCUT2D eigenvalue weighted by atomic mass is 32.1. The third-order valence-corrected chi connectivity index (χ3v) is 0.554. The molecule has 0 atom stereocenters. The lowest BCUT2D eigenvalue weighted by molar-refractivity contribution is 0.995. The molecule has 0 aromatic rings. The fourth-order valence-corrected chi connectivity index (χ4v) is 0.224. The SMILES string of the molecule is NCC[CH]S. The molecule has 0 unspecified atom stereocenters. The quantitative estimate of drug-likeness (QED) is 0.472. The van der Waals surface area contributed by atoms with Gasteiger partial charge in [-0.1, -0.05) is 0 Å². The lowest BCUT2D eigenvalue weighted by Crippen LogP contribution is -1.95. The smallest absolute Gasteiger partial charge is 0.0146 e. The summed E-state index contributed by atoms with van der Waals surface area (Å²) in [5.41, 5.74) is 5.06. The van der Waals surface area contributed by atoms with Crippen LogP contribution in [0.25, 0.3) is 0 Å². The summed E-state index contributed by atoms with van der Waals surface area (Å²) in [5.74, 6) is 1.75. The molecule has 31 valence electrons. The zero-order chi connectivity index (χ0) is 4.12. The lowest BCUT2D eigenvalue weighted by atomic mass is 10.5. The molecule has 0 aliphatic rings. The second kappa shape index (κ2) is 4.31. The predicted octanol–water partition coefficient (Wildman–Crippen LogP) is 0.427. The van der Waals surface area contributed by atoms with Gasteiger partial charge in [-0.3, -0.25) is 0 Å². The Balaban J connectivity index is 2.19. The molecule has 0 amide bonds. The average molecular weight is 90.2 g/mol. The van der Waals surface area contributed by atoms with Crippen LogP contribution in [0.3, 0.4) is 0 Å². The van der Waals surface area contributed by atoms with Crippen LogP contribution in [0, 0.1) is 5.75 Å². The Hall–Kier alpha value is 0.310. The lowest BCUT2D eigenvalue weighted by Gasteiger charge is -1.79. The van der Waals surface area contributed by atoms with Crippen molar-refractivity contribution in [2.75, 3.05) is 6.54 Å². The first-order valence-electron chi connectivity index (χ1n) is 1.57. The normalized spacial score (nSPS) is 8.40. The van der Waals surface area contributed by atoms with E-state index in [2.05, 4.69) is 12.6 Å². The summed E-state index contributed by atoms with van der Waals surface area (Å²) < 4.78 is 0. The molecule has 2 heteroatoms. The third-order valence-electron chi connectivity index (χ3n) is 0.296. The van der Waals surface area contributed by atoms with Crippen molar-refractivity contribution in [1.82, 2.24) is 0 Å². The van der Waals surface area contributed by atoms with Crippen LogP contribution in [0.4, 0.5) is 0 Å². The number of rotatable bonds is 2. The second-order valence-electron chi connectivity index (χ2n) is 0.760. The van der Waals surface area contributed by atoms with Crippen molar-refractivity contribution >= 4 is 12.6 Å². The molecule has 2 N–H and O–H groups in total. The van der Waals surface area contributed by atoms with E-state index < -0.39 is 0 Å². The largest absolute Gasteiger partial charge is 0.330 e. The van der Waals surface area contributed by atoms with Gasteiger partial charge in [-0.2, -0.15) is 12.6 Å². The van der Waals surface area contributed by atoms with Gasteiger partial charge in [-0.15, -0.1) is 0 Å². The summed E-state index contributed by atoms with van der Waals surface area (Å²) in [4.78, 5) is 0. The molecule has 0 saturated heterocycles. The highest BCUT2D eigenvalue weighted by molar-refractivity contribution is 7.82. The standard InChI is InChI=1S/C3H8NS/c4-2-1-3-5/h3,5H,1-2,4H2. The molecular weight excluding hydrogens is 82.1 g/mol. The van der Waals surface area contributed by atoms with Gasteiger partial charge in [-0.05, 0) is 13.0 Å². The Morgan fingerprint density at radius 1 is 1.80 bits per heavy atom. The molecule has 0 aromatic heterocycles. The minimum atomic E-state index is 0.712. The van der Waals surface area contributed by atoms with Gasteiger partial charge in [0.15, 0.2) is 0 Å². The zero-order valence-electron chi connectivity index (χ0n) is 3.02. The van der Waals surface area contributed by atoms with Gasteiger partial charge >= 0.3 is 0 Å². The summed E-state index contributed by atoms with van der Waals surface area (Å²) in [7, 11) is 0. The fourth-order valence-electron chi connectivity index (χ4n) is 0.0745. The molecule has 5 heavy (non-hydrogen) atoms. The summed E-state index contributed by atoms with van der Waals surface area (Å²) in [5, 5.41) is 0. The van der Waals surface area contributed by atoms with E-state index in [0.29, 0.717) is 6.54 Å². The molecule has 0 aliphatic carbocycles. The Morgan fingerprint density at radius 3 is 2.40 bits per heavy atom. The number of nitrogens with two attached hydrogens (primary N) is 1. The first kappa shape index (κ1) is 5.31. The number of hydrogen-bond acceptors (Lipinski definition) is 2. The van der Waals surface area contributed by atoms with Crippen LogP contribution in [0.5, 0.6) is 0 Å². The number of hydrogen-bond donors (Lipinski definition) is 2. The summed E-state index contributed by atoms with van der Waals surface area (Å²) >= 11 is 3.80. The van der Waals surface area contributed by atoms with Crippen LogP contribution >= 0.6 is 12.6 Å². The van der Waals surface area contributed by atoms with Crippen LogP contribution in [0.1, 0.15) is 6.42 Å². The van der Waals surface area contributed by atoms with Crippen LogP contribution in [0.15, 0.2) is 0 Å². The van der Waals surface area contributed by atoms with Gasteiger partial charge in [0.05, 0.1) is 0 Å². The van der Waals surface area contributed by atoms with Crippen LogP contribution in [0.2, 0.25) is 0 Å². The number of thiol groups is 1. The van der Waals surface area contributed by atoms with Gasteiger partial charge < -0.3 is 5.73 Å². The summed E-state index contributed by atoms with van der Waals surface area (Å²) in [6.07, 6.45) is 0.906. The maximum atomic E-state index is 5.06. The van der Waals surface area contributed by atoms with Crippen LogP contribution in [-0.2, 0) is 0 Å². The van der Waals surface area contributed by atoms with Crippen molar-refractivity contribution in [2.24, 2.45) is 5.73 Å². The molecule has 0 aromatic carbocycles. The Labute approximate surface area is 38.0 Å². The topological polar surface area (TPSA) is 26.0 Å². The molecule has 0 rings (SSSR count). The molecule has 0 saturated carbocycles. The van der Waals surface area contributed by atoms with Gasteiger partial charge in [0.25, 0.3) is 0 Å². The van der Waals surface area contributed by atoms with Crippen molar-refractivity contribution in [2.45, 2.75) is 6.42 Å². The van der Waals surface area contributed by atoms with E-state index in [1.165, 1.54) is 0 Å². The minimum Gasteiger partial charge on any atom is -0.330 e. The van der Waals surface area contributed by atoms with Gasteiger partial charge in [0.1, 0.15) is 0 Å². The predicted molar refractivity (Wildman–Crippen MR) is 27.0 cm³/mol. The third kappa shape index (κ3) is 4.31. The highest BCUT2D eigenvalue weighted by Crippen LogP contribution is 1.84. The van der Waals surface area contributed by atoms with E-state index in [1.54, 1.807) is 5.75 Å². The molecule has 0 aliphatic heterocycles. The van der Waals surface area contributed by atoms with Crippen molar-refractivity contribution < 1.29 is 0 Å². The fraction of sp³-hybridized carbons (Fsp3) is 0.667. The second-order valence-corrected chi connectivity index (χ2v) is 1.13. The summed E-state index contributed by atoms with van der Waals surface area (Å²) in [6, 6.07) is 0. The molecule has 0 spiro atoms. The first-order valence-corrected chi connectivity index (χ1v) is 2.09. The van der Waals surface area contributed by atoms with E-state index in [4.69, 9.17) is 5.73 Å². The van der Waals surface area contributed by atoms with E-state index in [0.717, 1.165) is 6.42 Å². The van der Waals surface area contributed by atoms with Crippen molar-refractivity contribution in [3.8, 4) is 0 Å². The molecule has 0 bridgehead atoms. The highest BCUT2D eigenvalue weighted by Gasteiger charge is 1.69. The van der Waals surface area contributed by atoms with Gasteiger partial charge in [0, 0.05) is 5.75 Å². The van der Waals surface area contributed by atoms with E-state index in [-0.39, 0.29) is 0 Å². The monoisotopic (exact) mass is 90.0 g/mol. The minimum absolute atomic E-state index is 0.712. The molecule has 1 radical (unpaired) electrons. The maximum absolute atomic E-state index is 5.06. The van der Waals surface area contributed by atoms with Crippen molar-refractivity contribution in [3.63, 3.8) is 0 Å². The molecule has 0 fully saturated rings. The Bertz CT molecular complexity index is 14.4. The van der Waals surface area contributed by atoms with Gasteiger partial charge in [0.2, 0.25) is 0 Å². The van der Waals surface area contributed by atoms with Crippen molar-refractivity contribution in [3.05, 3.63) is 5.75 Å². The van der Waals surface area contributed by atoms with Crippen LogP contribution < -0.4 is 5.73 Å². The van der Waals surface area contributed by atoms with Gasteiger partial charge in [-0.25, -0.2) is 0 Å². The van der Waals surface area contributed by atoms with E-state index in [9.17, 15) is 0 Å². The van der Waals surface area contributed by atoms with E-state index in [1.807, 2.05) is 0 Å². The molecular formula is C3H8NS. The molecule has 0 heterocycles. The van der Waals surface area contributed by atoms with Crippen molar-refractivity contribution in [1.29, 1.82) is 0 Å². The summed E-state index contributed by atoms with van der Waals surface area (Å²) in [6.45, 7) is 0.712. The van der Waals surface area contributed by atoms with Crippen LogP contribution in [-0.4, -0.2) is 6.54 Å².